The van der Waals surface area contributed by atoms with Gasteiger partial charge in [-0.2, -0.15) is 0 Å². The monoisotopic (exact) mass is 179 g/mol. The first-order valence-electron chi connectivity index (χ1n) is 4.71. The van der Waals surface area contributed by atoms with Crippen molar-refractivity contribution in [1.82, 2.24) is 4.98 Å². The molecule has 2 heteroatoms. The molecule has 0 bridgehead atoms. The number of hydrogen-bond acceptors (Lipinski definition) is 2. The van der Waals surface area contributed by atoms with Crippen molar-refractivity contribution in [3.63, 3.8) is 0 Å². The summed E-state index contributed by atoms with van der Waals surface area (Å²) in [7, 11) is 0. The Kier molecular flexibility index (Phi) is 3.43. The summed E-state index contributed by atoms with van der Waals surface area (Å²) >= 11 is 0. The van der Waals surface area contributed by atoms with E-state index in [1.165, 1.54) is 0 Å². The third-order valence-electron chi connectivity index (χ3n) is 2.06. The van der Waals surface area contributed by atoms with Gasteiger partial charge in [-0.1, -0.05) is 19.9 Å². The van der Waals surface area contributed by atoms with Crippen LogP contribution in [0.15, 0.2) is 18.3 Å². The van der Waals surface area contributed by atoms with E-state index in [9.17, 15) is 5.11 Å². The van der Waals surface area contributed by atoms with Crippen LogP contribution in [0.2, 0.25) is 0 Å². The van der Waals surface area contributed by atoms with Crippen molar-refractivity contribution in [2.75, 3.05) is 0 Å². The largest absolute Gasteiger partial charge is 0.387 e. The van der Waals surface area contributed by atoms with E-state index in [0.717, 1.165) is 17.7 Å². The van der Waals surface area contributed by atoms with Crippen molar-refractivity contribution >= 4 is 0 Å². The predicted octanol–water partition coefficient (Wildman–Crippen LogP) is 2.47. The molecule has 0 aliphatic rings. The average molecular weight is 179 g/mol. The number of pyridine rings is 1. The van der Waals surface area contributed by atoms with Crippen LogP contribution < -0.4 is 0 Å². The first-order chi connectivity index (χ1) is 6.11. The number of aliphatic hydroxyl groups excluding tert-OH is 1. The van der Waals surface area contributed by atoms with Crippen LogP contribution in [-0.2, 0) is 0 Å². The lowest BCUT2D eigenvalue weighted by molar-refractivity contribution is 0.146. The molecule has 0 saturated heterocycles. The maximum Gasteiger partial charge on any atom is 0.0964 e. The zero-order valence-electron chi connectivity index (χ0n) is 8.49. The molecule has 72 valence electrons. The van der Waals surface area contributed by atoms with Gasteiger partial charge < -0.3 is 5.11 Å². The van der Waals surface area contributed by atoms with Gasteiger partial charge >= 0.3 is 0 Å². The fourth-order valence-electron chi connectivity index (χ4n) is 1.40. The minimum Gasteiger partial charge on any atom is -0.387 e. The van der Waals surface area contributed by atoms with E-state index in [1.807, 2.05) is 19.1 Å². The Bertz CT molecular complexity index is 271. The van der Waals surface area contributed by atoms with Crippen LogP contribution in [0.3, 0.4) is 0 Å². The number of aromatic nitrogens is 1. The van der Waals surface area contributed by atoms with Crippen molar-refractivity contribution in [2.24, 2.45) is 5.92 Å². The van der Waals surface area contributed by atoms with Crippen LogP contribution in [0.4, 0.5) is 0 Å². The van der Waals surface area contributed by atoms with Gasteiger partial charge in [0.05, 0.1) is 11.8 Å². The highest BCUT2D eigenvalue weighted by Gasteiger charge is 2.12. The summed E-state index contributed by atoms with van der Waals surface area (Å²) in [6.45, 7) is 6.18. The van der Waals surface area contributed by atoms with Gasteiger partial charge in [-0.05, 0) is 30.9 Å². The molecule has 0 amide bonds. The second kappa shape index (κ2) is 4.38. The fraction of sp³-hybridized carbons (Fsp3) is 0.545. The Morgan fingerprint density at radius 2 is 2.15 bits per heavy atom. The molecule has 0 aliphatic carbocycles. The van der Waals surface area contributed by atoms with Gasteiger partial charge in [-0.3, -0.25) is 4.98 Å². The molecule has 0 aromatic carbocycles. The van der Waals surface area contributed by atoms with Gasteiger partial charge in [-0.15, -0.1) is 0 Å². The Morgan fingerprint density at radius 3 is 2.69 bits per heavy atom. The summed E-state index contributed by atoms with van der Waals surface area (Å²) in [4.78, 5) is 4.18. The number of hydrogen-bond donors (Lipinski definition) is 1. The second-order valence-corrected chi connectivity index (χ2v) is 3.85. The van der Waals surface area contributed by atoms with Crippen molar-refractivity contribution < 1.29 is 5.11 Å². The molecule has 0 saturated carbocycles. The molecular weight excluding hydrogens is 162 g/mol. The van der Waals surface area contributed by atoms with Gasteiger partial charge in [0.15, 0.2) is 0 Å². The summed E-state index contributed by atoms with van der Waals surface area (Å²) in [6.07, 6.45) is 2.09. The normalized spacial score (nSPS) is 13.3. The summed E-state index contributed by atoms with van der Waals surface area (Å²) in [6, 6.07) is 3.87. The number of aliphatic hydroxyl groups is 1. The highest BCUT2D eigenvalue weighted by molar-refractivity contribution is 5.19. The third-order valence-corrected chi connectivity index (χ3v) is 2.06. The standard InChI is InChI=1S/C11H17NO/c1-8(2)7-10(13)11-9(3)5-4-6-12-11/h4-6,8,10,13H,7H2,1-3H3. The topological polar surface area (TPSA) is 33.1 Å². The van der Waals surface area contributed by atoms with Gasteiger partial charge in [0.1, 0.15) is 0 Å². The zero-order chi connectivity index (χ0) is 9.84. The van der Waals surface area contributed by atoms with E-state index in [0.29, 0.717) is 5.92 Å². The lowest BCUT2D eigenvalue weighted by Crippen LogP contribution is -2.05. The van der Waals surface area contributed by atoms with Crippen molar-refractivity contribution in [1.29, 1.82) is 0 Å². The predicted molar refractivity (Wildman–Crippen MR) is 53.4 cm³/mol. The fourth-order valence-corrected chi connectivity index (χ4v) is 1.40. The molecule has 0 spiro atoms. The minimum absolute atomic E-state index is 0.416. The maximum atomic E-state index is 9.81. The minimum atomic E-state index is -0.416. The molecule has 13 heavy (non-hydrogen) atoms. The molecule has 0 aliphatic heterocycles. The van der Waals surface area contributed by atoms with Crippen molar-refractivity contribution in [3.05, 3.63) is 29.6 Å². The van der Waals surface area contributed by atoms with Gasteiger partial charge in [0.25, 0.3) is 0 Å². The van der Waals surface area contributed by atoms with E-state index in [2.05, 4.69) is 18.8 Å². The quantitative estimate of drug-likeness (QED) is 0.773. The molecule has 0 radical (unpaired) electrons. The summed E-state index contributed by atoms with van der Waals surface area (Å²) in [5.74, 6) is 0.497. The number of nitrogens with zero attached hydrogens (tertiary/aromatic N) is 1. The van der Waals surface area contributed by atoms with E-state index in [-0.39, 0.29) is 0 Å². The lowest BCUT2D eigenvalue weighted by Gasteiger charge is -2.14. The molecule has 0 fully saturated rings. The Hall–Kier alpha value is -0.890. The summed E-state index contributed by atoms with van der Waals surface area (Å²) in [5.41, 5.74) is 1.88. The second-order valence-electron chi connectivity index (χ2n) is 3.85. The molecule has 1 unspecified atom stereocenters. The number of rotatable bonds is 3. The molecule has 1 rings (SSSR count). The average Bonchev–Trinajstić information content (AvgIpc) is 2.03. The Labute approximate surface area is 79.6 Å². The molecule has 1 aromatic heterocycles. The Morgan fingerprint density at radius 1 is 1.46 bits per heavy atom. The molecule has 1 N–H and O–H groups in total. The van der Waals surface area contributed by atoms with Gasteiger partial charge in [-0.25, -0.2) is 0 Å². The highest BCUT2D eigenvalue weighted by Crippen LogP contribution is 2.21. The van der Waals surface area contributed by atoms with Crippen LogP contribution in [0, 0.1) is 12.8 Å². The summed E-state index contributed by atoms with van der Waals surface area (Å²) < 4.78 is 0. The molecule has 1 atom stereocenters. The van der Waals surface area contributed by atoms with Crippen LogP contribution in [0.5, 0.6) is 0 Å². The first kappa shape index (κ1) is 10.2. The van der Waals surface area contributed by atoms with Gasteiger partial charge in [0, 0.05) is 6.20 Å². The van der Waals surface area contributed by atoms with Crippen LogP contribution >= 0.6 is 0 Å². The van der Waals surface area contributed by atoms with E-state index in [1.54, 1.807) is 6.20 Å². The van der Waals surface area contributed by atoms with E-state index >= 15 is 0 Å². The maximum absolute atomic E-state index is 9.81. The molecule has 1 aromatic rings. The van der Waals surface area contributed by atoms with E-state index < -0.39 is 6.10 Å². The van der Waals surface area contributed by atoms with E-state index in [4.69, 9.17) is 0 Å². The van der Waals surface area contributed by atoms with Gasteiger partial charge in [0.2, 0.25) is 0 Å². The Balaban J connectivity index is 2.76. The number of aryl methyl sites for hydroxylation is 1. The van der Waals surface area contributed by atoms with Crippen LogP contribution in [0.25, 0.3) is 0 Å². The van der Waals surface area contributed by atoms with Crippen LogP contribution in [-0.4, -0.2) is 10.1 Å². The van der Waals surface area contributed by atoms with Crippen molar-refractivity contribution in [2.45, 2.75) is 33.3 Å². The SMILES string of the molecule is Cc1cccnc1C(O)CC(C)C. The lowest BCUT2D eigenvalue weighted by atomic mass is 10.0. The zero-order valence-corrected chi connectivity index (χ0v) is 8.49. The highest BCUT2D eigenvalue weighted by atomic mass is 16.3. The van der Waals surface area contributed by atoms with Crippen molar-refractivity contribution in [3.8, 4) is 0 Å². The third kappa shape index (κ3) is 2.81. The molecular formula is C11H17NO. The molecule has 1 heterocycles. The summed E-state index contributed by atoms with van der Waals surface area (Å²) in [5, 5.41) is 9.81. The smallest absolute Gasteiger partial charge is 0.0964 e. The first-order valence-corrected chi connectivity index (χ1v) is 4.71. The molecule has 2 nitrogen and oxygen atoms in total. The van der Waals surface area contributed by atoms with Crippen LogP contribution in [0.1, 0.15) is 37.6 Å².